The Bertz CT molecular complexity index is 515. The third-order valence-electron chi connectivity index (χ3n) is 3.31. The number of rotatable bonds is 7. The highest BCUT2D eigenvalue weighted by molar-refractivity contribution is 5.95. The molecule has 0 bridgehead atoms. The summed E-state index contributed by atoms with van der Waals surface area (Å²) in [6.07, 6.45) is 1.94. The van der Waals surface area contributed by atoms with Gasteiger partial charge in [0.1, 0.15) is 0 Å². The lowest BCUT2D eigenvalue weighted by Crippen LogP contribution is -2.32. The summed E-state index contributed by atoms with van der Waals surface area (Å²) in [6.45, 7) is 3.49. The van der Waals surface area contributed by atoms with Gasteiger partial charge >= 0.3 is 5.97 Å². The molecule has 0 heterocycles. The van der Waals surface area contributed by atoms with Crippen LogP contribution in [-0.4, -0.2) is 33.2 Å². The molecule has 6 nitrogen and oxygen atoms in total. The van der Waals surface area contributed by atoms with Gasteiger partial charge in [0.05, 0.1) is 5.92 Å². The Hall–Kier alpha value is -2.24. The standard InChI is InChI=1S/C15H21NO5/c1-9(15(20)21)4-3-5-10(2)16-14(19)11-6-7-12(17)13(18)8-11/h6-10,17-18H,3-5H2,1-2H3,(H,16,19)(H,20,21). The van der Waals surface area contributed by atoms with Crippen LogP contribution in [0.1, 0.15) is 43.5 Å². The van der Waals surface area contributed by atoms with Crippen molar-refractivity contribution in [3.8, 4) is 11.5 Å². The second kappa shape index (κ2) is 7.52. The van der Waals surface area contributed by atoms with E-state index in [0.29, 0.717) is 19.3 Å². The maximum absolute atomic E-state index is 11.9. The predicted molar refractivity (Wildman–Crippen MR) is 77.4 cm³/mol. The van der Waals surface area contributed by atoms with Crippen molar-refractivity contribution in [3.63, 3.8) is 0 Å². The van der Waals surface area contributed by atoms with Crippen LogP contribution in [0.5, 0.6) is 11.5 Å². The van der Waals surface area contributed by atoms with Gasteiger partial charge in [0.25, 0.3) is 5.91 Å². The average molecular weight is 295 g/mol. The number of carbonyl (C=O) groups excluding carboxylic acids is 1. The largest absolute Gasteiger partial charge is 0.504 e. The molecule has 2 atom stereocenters. The molecule has 0 saturated heterocycles. The molecule has 0 aromatic heterocycles. The number of carboxylic acid groups (broad SMARTS) is 1. The Morgan fingerprint density at radius 3 is 2.38 bits per heavy atom. The lowest BCUT2D eigenvalue weighted by Gasteiger charge is -2.15. The van der Waals surface area contributed by atoms with Gasteiger partial charge in [-0.25, -0.2) is 0 Å². The fourth-order valence-corrected chi connectivity index (χ4v) is 1.90. The molecular formula is C15H21NO5. The minimum Gasteiger partial charge on any atom is -0.504 e. The van der Waals surface area contributed by atoms with Crippen LogP contribution < -0.4 is 5.32 Å². The number of aliphatic carboxylic acids is 1. The summed E-state index contributed by atoms with van der Waals surface area (Å²) in [4.78, 5) is 22.6. The molecule has 0 aliphatic heterocycles. The molecule has 1 aromatic rings. The van der Waals surface area contributed by atoms with E-state index in [9.17, 15) is 19.8 Å². The summed E-state index contributed by atoms with van der Waals surface area (Å²) in [5.74, 6) is -2.16. The van der Waals surface area contributed by atoms with Gasteiger partial charge in [-0.2, -0.15) is 0 Å². The van der Waals surface area contributed by atoms with Crippen LogP contribution in [0, 0.1) is 5.92 Å². The molecule has 0 fully saturated rings. The van der Waals surface area contributed by atoms with Crippen LogP contribution in [0.25, 0.3) is 0 Å². The molecule has 21 heavy (non-hydrogen) atoms. The van der Waals surface area contributed by atoms with Crippen LogP contribution in [0.3, 0.4) is 0 Å². The number of benzene rings is 1. The Balaban J connectivity index is 2.43. The Labute approximate surface area is 123 Å². The summed E-state index contributed by atoms with van der Waals surface area (Å²) in [5, 5.41) is 30.1. The first-order valence-corrected chi connectivity index (χ1v) is 6.87. The number of hydrogen-bond donors (Lipinski definition) is 4. The number of nitrogens with one attached hydrogen (secondary N) is 1. The number of hydrogen-bond acceptors (Lipinski definition) is 4. The first-order chi connectivity index (χ1) is 9.81. The van der Waals surface area contributed by atoms with Crippen LogP contribution >= 0.6 is 0 Å². The third kappa shape index (κ3) is 5.33. The number of phenols is 2. The van der Waals surface area contributed by atoms with Gasteiger partial charge < -0.3 is 20.6 Å². The zero-order chi connectivity index (χ0) is 16.0. The molecular weight excluding hydrogens is 274 g/mol. The number of carboxylic acids is 1. The summed E-state index contributed by atoms with van der Waals surface area (Å²) >= 11 is 0. The highest BCUT2D eigenvalue weighted by Gasteiger charge is 2.14. The van der Waals surface area contributed by atoms with Gasteiger partial charge in [-0.15, -0.1) is 0 Å². The molecule has 1 rings (SSSR count). The van der Waals surface area contributed by atoms with E-state index in [-0.39, 0.29) is 34.9 Å². The maximum Gasteiger partial charge on any atom is 0.306 e. The van der Waals surface area contributed by atoms with E-state index in [1.165, 1.54) is 18.2 Å². The van der Waals surface area contributed by atoms with Crippen LogP contribution in [0.15, 0.2) is 18.2 Å². The summed E-state index contributed by atoms with van der Waals surface area (Å²) < 4.78 is 0. The molecule has 0 spiro atoms. The Kier molecular flexibility index (Phi) is 6.02. The Morgan fingerprint density at radius 1 is 1.14 bits per heavy atom. The molecule has 2 unspecified atom stereocenters. The quantitative estimate of drug-likeness (QED) is 0.576. The Morgan fingerprint density at radius 2 is 1.81 bits per heavy atom. The van der Waals surface area contributed by atoms with E-state index in [1.807, 2.05) is 6.92 Å². The number of phenolic OH excluding ortho intramolecular Hbond substituents is 2. The second-order valence-corrected chi connectivity index (χ2v) is 5.25. The van der Waals surface area contributed by atoms with Crippen molar-refractivity contribution in [1.82, 2.24) is 5.32 Å². The fraction of sp³-hybridized carbons (Fsp3) is 0.467. The SMILES string of the molecule is CC(CCCC(C)C(=O)O)NC(=O)c1ccc(O)c(O)c1. The van der Waals surface area contributed by atoms with Gasteiger partial charge in [0.15, 0.2) is 11.5 Å². The lowest BCUT2D eigenvalue weighted by atomic mass is 10.0. The second-order valence-electron chi connectivity index (χ2n) is 5.25. The zero-order valence-corrected chi connectivity index (χ0v) is 12.2. The normalized spacial score (nSPS) is 13.4. The summed E-state index contributed by atoms with van der Waals surface area (Å²) in [6, 6.07) is 3.77. The summed E-state index contributed by atoms with van der Waals surface area (Å²) in [5.41, 5.74) is 0.260. The number of amides is 1. The molecule has 6 heteroatoms. The van der Waals surface area contributed by atoms with Crippen molar-refractivity contribution >= 4 is 11.9 Å². The van der Waals surface area contributed by atoms with E-state index in [1.54, 1.807) is 6.92 Å². The van der Waals surface area contributed by atoms with Crippen molar-refractivity contribution in [2.75, 3.05) is 0 Å². The van der Waals surface area contributed by atoms with E-state index < -0.39 is 5.97 Å². The van der Waals surface area contributed by atoms with Crippen molar-refractivity contribution in [2.24, 2.45) is 5.92 Å². The topological polar surface area (TPSA) is 107 Å². The van der Waals surface area contributed by atoms with Crippen LogP contribution in [0.2, 0.25) is 0 Å². The predicted octanol–water partition coefficient (Wildman–Crippen LogP) is 2.11. The molecule has 0 aliphatic rings. The van der Waals surface area contributed by atoms with E-state index >= 15 is 0 Å². The maximum atomic E-state index is 11.9. The molecule has 1 aromatic carbocycles. The number of carbonyl (C=O) groups is 2. The summed E-state index contributed by atoms with van der Waals surface area (Å²) in [7, 11) is 0. The van der Waals surface area contributed by atoms with Gasteiger partial charge in [-0.3, -0.25) is 9.59 Å². The van der Waals surface area contributed by atoms with Crippen molar-refractivity contribution in [3.05, 3.63) is 23.8 Å². The molecule has 0 radical (unpaired) electrons. The monoisotopic (exact) mass is 295 g/mol. The average Bonchev–Trinajstić information content (AvgIpc) is 2.41. The molecule has 116 valence electrons. The highest BCUT2D eigenvalue weighted by atomic mass is 16.4. The van der Waals surface area contributed by atoms with Crippen LogP contribution in [0.4, 0.5) is 0 Å². The van der Waals surface area contributed by atoms with Gasteiger partial charge in [0, 0.05) is 11.6 Å². The zero-order valence-electron chi connectivity index (χ0n) is 12.2. The third-order valence-corrected chi connectivity index (χ3v) is 3.31. The molecule has 4 N–H and O–H groups in total. The first-order valence-electron chi connectivity index (χ1n) is 6.87. The molecule has 1 amide bonds. The van der Waals surface area contributed by atoms with Crippen molar-refractivity contribution in [1.29, 1.82) is 0 Å². The van der Waals surface area contributed by atoms with Gasteiger partial charge in [-0.1, -0.05) is 13.3 Å². The molecule has 0 aliphatic carbocycles. The van der Waals surface area contributed by atoms with Crippen molar-refractivity contribution < 1.29 is 24.9 Å². The minimum atomic E-state index is -0.814. The van der Waals surface area contributed by atoms with E-state index in [2.05, 4.69) is 5.32 Å². The number of aromatic hydroxyl groups is 2. The van der Waals surface area contributed by atoms with E-state index in [4.69, 9.17) is 5.11 Å². The van der Waals surface area contributed by atoms with Crippen LogP contribution in [-0.2, 0) is 4.79 Å². The van der Waals surface area contributed by atoms with Gasteiger partial charge in [0.2, 0.25) is 0 Å². The highest BCUT2D eigenvalue weighted by Crippen LogP contribution is 2.24. The van der Waals surface area contributed by atoms with Gasteiger partial charge in [-0.05, 0) is 38.0 Å². The molecule has 0 saturated carbocycles. The lowest BCUT2D eigenvalue weighted by molar-refractivity contribution is -0.141. The van der Waals surface area contributed by atoms with E-state index in [0.717, 1.165) is 0 Å². The first kappa shape index (κ1) is 16.8. The fourth-order valence-electron chi connectivity index (χ4n) is 1.90. The van der Waals surface area contributed by atoms with Crippen molar-refractivity contribution in [2.45, 2.75) is 39.2 Å². The smallest absolute Gasteiger partial charge is 0.306 e. The minimum absolute atomic E-state index is 0.102.